The molecular formula is C14H26N2O2. The van der Waals surface area contributed by atoms with Crippen LogP contribution in [0.1, 0.15) is 25.7 Å². The lowest BCUT2D eigenvalue weighted by Crippen LogP contribution is -2.36. The average molecular weight is 254 g/mol. The van der Waals surface area contributed by atoms with Gasteiger partial charge in [0.1, 0.15) is 0 Å². The van der Waals surface area contributed by atoms with Crippen molar-refractivity contribution < 1.29 is 9.53 Å². The third kappa shape index (κ3) is 3.95. The molecule has 0 aliphatic carbocycles. The van der Waals surface area contributed by atoms with E-state index in [1.54, 1.807) is 0 Å². The molecule has 0 unspecified atom stereocenters. The summed E-state index contributed by atoms with van der Waals surface area (Å²) in [6.45, 7) is 4.95. The van der Waals surface area contributed by atoms with Crippen molar-refractivity contribution in [3.63, 3.8) is 0 Å². The van der Waals surface area contributed by atoms with Gasteiger partial charge in [0.15, 0.2) is 0 Å². The first kappa shape index (κ1) is 13.8. The van der Waals surface area contributed by atoms with Crippen LogP contribution in [-0.2, 0) is 9.53 Å². The van der Waals surface area contributed by atoms with Crippen molar-refractivity contribution in [2.75, 3.05) is 46.9 Å². The minimum Gasteiger partial charge on any atom is -0.465 e. The molecule has 0 amide bonds. The number of carbonyl (C=O) groups excluding carboxylic acids is 1. The van der Waals surface area contributed by atoms with Crippen LogP contribution < -0.4 is 0 Å². The van der Waals surface area contributed by atoms with E-state index in [1.165, 1.54) is 0 Å². The Hall–Kier alpha value is -0.610. The van der Waals surface area contributed by atoms with Crippen molar-refractivity contribution in [3.8, 4) is 0 Å². The molecule has 0 atom stereocenters. The van der Waals surface area contributed by atoms with Crippen molar-refractivity contribution >= 4 is 5.97 Å². The highest BCUT2D eigenvalue weighted by Crippen LogP contribution is 2.20. The predicted molar refractivity (Wildman–Crippen MR) is 71.4 cm³/mol. The minimum atomic E-state index is 0.0435. The van der Waals surface area contributed by atoms with E-state index in [-0.39, 0.29) is 11.9 Å². The summed E-state index contributed by atoms with van der Waals surface area (Å²) in [6, 6.07) is 0. The van der Waals surface area contributed by atoms with Crippen LogP contribution in [0.5, 0.6) is 0 Å². The van der Waals surface area contributed by atoms with Gasteiger partial charge in [-0.2, -0.15) is 0 Å². The van der Waals surface area contributed by atoms with Gasteiger partial charge >= 0.3 is 5.97 Å². The first-order valence-electron chi connectivity index (χ1n) is 7.19. The quantitative estimate of drug-likeness (QED) is 0.709. The standard InChI is InChI=1S/C14H26N2O2/c1-15-7-3-12(4-8-15)11-18-14(17)13-5-9-16(2)10-6-13/h12-13H,3-11H2,1-2H3. The van der Waals surface area contributed by atoms with Crippen molar-refractivity contribution in [1.82, 2.24) is 9.80 Å². The second kappa shape index (κ2) is 6.53. The van der Waals surface area contributed by atoms with Crippen LogP contribution in [0, 0.1) is 11.8 Å². The number of nitrogens with zero attached hydrogens (tertiary/aromatic N) is 2. The molecule has 4 nitrogen and oxygen atoms in total. The minimum absolute atomic E-state index is 0.0435. The number of piperidine rings is 2. The number of esters is 1. The molecule has 0 spiro atoms. The Morgan fingerprint density at radius 1 is 1.00 bits per heavy atom. The molecule has 0 N–H and O–H groups in total. The third-order valence-corrected chi connectivity index (χ3v) is 4.35. The Morgan fingerprint density at radius 3 is 2.06 bits per heavy atom. The molecular weight excluding hydrogens is 228 g/mol. The monoisotopic (exact) mass is 254 g/mol. The molecule has 0 saturated carbocycles. The summed E-state index contributed by atoms with van der Waals surface area (Å²) in [5.41, 5.74) is 0. The molecule has 104 valence electrons. The van der Waals surface area contributed by atoms with Gasteiger partial charge in [-0.1, -0.05) is 0 Å². The molecule has 0 aromatic heterocycles. The van der Waals surface area contributed by atoms with E-state index in [1.807, 2.05) is 0 Å². The van der Waals surface area contributed by atoms with E-state index in [4.69, 9.17) is 4.74 Å². The van der Waals surface area contributed by atoms with Gasteiger partial charge in [0.05, 0.1) is 12.5 Å². The van der Waals surface area contributed by atoms with Gasteiger partial charge in [-0.05, 0) is 71.9 Å². The van der Waals surface area contributed by atoms with Gasteiger partial charge in [-0.15, -0.1) is 0 Å². The van der Waals surface area contributed by atoms with E-state index in [9.17, 15) is 4.79 Å². The van der Waals surface area contributed by atoms with Gasteiger partial charge in [0.25, 0.3) is 0 Å². The van der Waals surface area contributed by atoms with Gasteiger partial charge in [-0.3, -0.25) is 4.79 Å². The molecule has 0 bridgehead atoms. The number of hydrogen-bond donors (Lipinski definition) is 0. The fraction of sp³-hybridized carbons (Fsp3) is 0.929. The first-order valence-corrected chi connectivity index (χ1v) is 7.19. The van der Waals surface area contributed by atoms with Crippen LogP contribution in [0.2, 0.25) is 0 Å². The maximum absolute atomic E-state index is 12.0. The Bertz CT molecular complexity index is 267. The summed E-state index contributed by atoms with van der Waals surface area (Å²) < 4.78 is 5.52. The highest BCUT2D eigenvalue weighted by molar-refractivity contribution is 5.72. The number of rotatable bonds is 3. The van der Waals surface area contributed by atoms with Gasteiger partial charge in [0.2, 0.25) is 0 Å². The van der Waals surface area contributed by atoms with Crippen molar-refractivity contribution in [1.29, 1.82) is 0 Å². The lowest BCUT2D eigenvalue weighted by Gasteiger charge is -2.30. The second-order valence-corrected chi connectivity index (χ2v) is 5.95. The number of carbonyl (C=O) groups is 1. The van der Waals surface area contributed by atoms with Crippen LogP contribution in [-0.4, -0.2) is 62.7 Å². The zero-order chi connectivity index (χ0) is 13.0. The fourth-order valence-corrected chi connectivity index (χ4v) is 2.79. The lowest BCUT2D eigenvalue weighted by atomic mass is 9.96. The Labute approximate surface area is 110 Å². The predicted octanol–water partition coefficient (Wildman–Crippen LogP) is 1.21. The first-order chi connectivity index (χ1) is 8.65. The largest absolute Gasteiger partial charge is 0.465 e. The van der Waals surface area contributed by atoms with Crippen LogP contribution in [0.25, 0.3) is 0 Å². The van der Waals surface area contributed by atoms with E-state index in [2.05, 4.69) is 23.9 Å². The van der Waals surface area contributed by atoms with Gasteiger partial charge in [-0.25, -0.2) is 0 Å². The summed E-state index contributed by atoms with van der Waals surface area (Å²) in [4.78, 5) is 16.6. The van der Waals surface area contributed by atoms with Crippen LogP contribution in [0.3, 0.4) is 0 Å². The Kier molecular flexibility index (Phi) is 5.01. The van der Waals surface area contributed by atoms with Crippen molar-refractivity contribution in [2.45, 2.75) is 25.7 Å². The Balaban J connectivity index is 1.65. The zero-order valence-corrected chi connectivity index (χ0v) is 11.7. The molecule has 2 heterocycles. The van der Waals surface area contributed by atoms with Gasteiger partial charge in [0, 0.05) is 0 Å². The normalized spacial score (nSPS) is 25.2. The molecule has 2 saturated heterocycles. The zero-order valence-electron chi connectivity index (χ0n) is 11.7. The van der Waals surface area contributed by atoms with Crippen LogP contribution in [0.4, 0.5) is 0 Å². The van der Waals surface area contributed by atoms with Gasteiger partial charge < -0.3 is 14.5 Å². The molecule has 18 heavy (non-hydrogen) atoms. The molecule has 0 aromatic carbocycles. The smallest absolute Gasteiger partial charge is 0.309 e. The van der Waals surface area contributed by atoms with Crippen molar-refractivity contribution in [3.05, 3.63) is 0 Å². The van der Waals surface area contributed by atoms with E-state index in [0.717, 1.165) is 51.9 Å². The SMILES string of the molecule is CN1CCC(COC(=O)C2CCN(C)CC2)CC1. The lowest BCUT2D eigenvalue weighted by molar-refractivity contribution is -0.151. The van der Waals surface area contributed by atoms with Crippen LogP contribution in [0.15, 0.2) is 0 Å². The Morgan fingerprint density at radius 2 is 1.50 bits per heavy atom. The van der Waals surface area contributed by atoms with E-state index < -0.39 is 0 Å². The summed E-state index contributed by atoms with van der Waals surface area (Å²) in [7, 11) is 4.26. The molecule has 2 rings (SSSR count). The number of ether oxygens (including phenoxy) is 1. The topological polar surface area (TPSA) is 32.8 Å². The molecule has 2 aliphatic rings. The third-order valence-electron chi connectivity index (χ3n) is 4.35. The van der Waals surface area contributed by atoms with E-state index in [0.29, 0.717) is 12.5 Å². The maximum Gasteiger partial charge on any atom is 0.309 e. The maximum atomic E-state index is 12.0. The highest BCUT2D eigenvalue weighted by Gasteiger charge is 2.26. The molecule has 0 aromatic rings. The van der Waals surface area contributed by atoms with Crippen molar-refractivity contribution in [2.24, 2.45) is 11.8 Å². The summed E-state index contributed by atoms with van der Waals surface area (Å²) in [5.74, 6) is 0.769. The highest BCUT2D eigenvalue weighted by atomic mass is 16.5. The molecule has 4 heteroatoms. The summed E-state index contributed by atoms with van der Waals surface area (Å²) in [6.07, 6.45) is 4.25. The molecule has 0 radical (unpaired) electrons. The number of hydrogen-bond acceptors (Lipinski definition) is 4. The molecule has 2 fully saturated rings. The fourth-order valence-electron chi connectivity index (χ4n) is 2.79. The average Bonchev–Trinajstić information content (AvgIpc) is 2.38. The number of likely N-dealkylation sites (tertiary alicyclic amines) is 2. The second-order valence-electron chi connectivity index (χ2n) is 5.95. The summed E-state index contributed by atoms with van der Waals surface area (Å²) >= 11 is 0. The van der Waals surface area contributed by atoms with E-state index >= 15 is 0 Å². The molecule has 2 aliphatic heterocycles. The summed E-state index contributed by atoms with van der Waals surface area (Å²) in [5, 5.41) is 0. The van der Waals surface area contributed by atoms with Crippen LogP contribution >= 0.6 is 0 Å².